The summed E-state index contributed by atoms with van der Waals surface area (Å²) in [7, 11) is 0. The van der Waals surface area contributed by atoms with E-state index in [0.29, 0.717) is 18.2 Å². The number of aryl methyl sites for hydroxylation is 3. The van der Waals surface area contributed by atoms with Crippen LogP contribution in [-0.4, -0.2) is 16.3 Å². The molecule has 0 amide bonds. The average molecular weight is 299 g/mol. The van der Waals surface area contributed by atoms with Crippen LogP contribution in [0.4, 0.5) is 0 Å². The third-order valence-corrected chi connectivity index (χ3v) is 3.60. The number of hydrogen-bond donors (Lipinski definition) is 1. The summed E-state index contributed by atoms with van der Waals surface area (Å²) in [4.78, 5) is 12.1. The van der Waals surface area contributed by atoms with Crippen molar-refractivity contribution in [3.8, 4) is 5.69 Å². The zero-order chi connectivity index (χ0) is 16.3. The number of benzene rings is 1. The Kier molecular flexibility index (Phi) is 5.14. The first-order valence-electron chi connectivity index (χ1n) is 7.76. The molecule has 2 rings (SSSR count). The van der Waals surface area contributed by atoms with Crippen molar-refractivity contribution in [2.45, 2.75) is 41.2 Å². The van der Waals surface area contributed by atoms with Crippen molar-refractivity contribution in [3.63, 3.8) is 0 Å². The second-order valence-electron chi connectivity index (χ2n) is 6.32. The Morgan fingerprint density at radius 2 is 1.91 bits per heavy atom. The Morgan fingerprint density at radius 3 is 2.55 bits per heavy atom. The molecular weight excluding hydrogens is 274 g/mol. The van der Waals surface area contributed by atoms with Crippen molar-refractivity contribution >= 4 is 0 Å². The van der Waals surface area contributed by atoms with Gasteiger partial charge < -0.3 is 5.32 Å². The minimum atomic E-state index is -0.00484. The van der Waals surface area contributed by atoms with E-state index in [4.69, 9.17) is 0 Å². The Hall–Kier alpha value is -1.94. The van der Waals surface area contributed by atoms with Gasteiger partial charge in [-0.25, -0.2) is 4.68 Å². The average Bonchev–Trinajstić information content (AvgIpc) is 2.42. The Labute approximate surface area is 132 Å². The van der Waals surface area contributed by atoms with Gasteiger partial charge in [0.15, 0.2) is 0 Å². The van der Waals surface area contributed by atoms with E-state index in [1.165, 1.54) is 5.56 Å². The minimum Gasteiger partial charge on any atom is -0.311 e. The van der Waals surface area contributed by atoms with Gasteiger partial charge in [0, 0.05) is 18.3 Å². The Bertz CT molecular complexity index is 717. The molecule has 118 valence electrons. The summed E-state index contributed by atoms with van der Waals surface area (Å²) in [5.41, 5.74) is 4.80. The van der Waals surface area contributed by atoms with Gasteiger partial charge in [0.05, 0.1) is 5.69 Å². The van der Waals surface area contributed by atoms with Crippen LogP contribution in [0.15, 0.2) is 29.1 Å². The molecule has 0 bridgehead atoms. The number of nitrogens with one attached hydrogen (secondary N) is 1. The highest BCUT2D eigenvalue weighted by atomic mass is 16.1. The maximum absolute atomic E-state index is 12.1. The number of hydrogen-bond acceptors (Lipinski definition) is 3. The van der Waals surface area contributed by atoms with Crippen molar-refractivity contribution in [2.24, 2.45) is 5.92 Å². The van der Waals surface area contributed by atoms with Gasteiger partial charge in [0.25, 0.3) is 0 Å². The van der Waals surface area contributed by atoms with Crippen molar-refractivity contribution in [3.05, 3.63) is 57.0 Å². The predicted molar refractivity (Wildman–Crippen MR) is 90.6 cm³/mol. The quantitative estimate of drug-likeness (QED) is 0.923. The summed E-state index contributed by atoms with van der Waals surface area (Å²) < 4.78 is 1.86. The molecule has 0 saturated carbocycles. The molecule has 1 aromatic carbocycles. The van der Waals surface area contributed by atoms with E-state index in [1.54, 1.807) is 6.07 Å². The van der Waals surface area contributed by atoms with Crippen LogP contribution in [0.2, 0.25) is 0 Å². The molecule has 0 atom stereocenters. The van der Waals surface area contributed by atoms with Crippen LogP contribution in [0.5, 0.6) is 0 Å². The topological polar surface area (TPSA) is 46.9 Å². The molecule has 0 aliphatic carbocycles. The zero-order valence-corrected chi connectivity index (χ0v) is 14.1. The van der Waals surface area contributed by atoms with Gasteiger partial charge in [-0.05, 0) is 44.9 Å². The first-order valence-corrected chi connectivity index (χ1v) is 7.76. The van der Waals surface area contributed by atoms with Crippen LogP contribution in [0.25, 0.3) is 5.69 Å². The molecule has 1 heterocycles. The first kappa shape index (κ1) is 16.4. The summed E-state index contributed by atoms with van der Waals surface area (Å²) in [6.07, 6.45) is 0. The first-order chi connectivity index (χ1) is 10.4. The van der Waals surface area contributed by atoms with Crippen LogP contribution < -0.4 is 10.7 Å². The van der Waals surface area contributed by atoms with Crippen molar-refractivity contribution < 1.29 is 0 Å². The van der Waals surface area contributed by atoms with E-state index in [0.717, 1.165) is 23.5 Å². The highest BCUT2D eigenvalue weighted by Crippen LogP contribution is 2.16. The molecular formula is C18H25N3O. The fraction of sp³-hybridized carbons (Fsp3) is 0.444. The van der Waals surface area contributed by atoms with E-state index in [9.17, 15) is 4.79 Å². The van der Waals surface area contributed by atoms with Crippen LogP contribution in [0.1, 0.15) is 36.4 Å². The van der Waals surface area contributed by atoms with Crippen molar-refractivity contribution in [1.29, 1.82) is 0 Å². The Balaban J connectivity index is 2.37. The van der Waals surface area contributed by atoms with Gasteiger partial charge in [0.2, 0.25) is 5.43 Å². The van der Waals surface area contributed by atoms with Gasteiger partial charge in [0.1, 0.15) is 5.69 Å². The van der Waals surface area contributed by atoms with Gasteiger partial charge >= 0.3 is 0 Å². The molecule has 4 nitrogen and oxygen atoms in total. The molecule has 2 aromatic rings. The largest absolute Gasteiger partial charge is 0.311 e. The minimum absolute atomic E-state index is 0.00484. The molecule has 0 aliphatic rings. The lowest BCUT2D eigenvalue weighted by Gasteiger charge is -2.14. The fourth-order valence-electron chi connectivity index (χ4n) is 2.47. The van der Waals surface area contributed by atoms with Gasteiger partial charge in [-0.3, -0.25) is 4.79 Å². The summed E-state index contributed by atoms with van der Waals surface area (Å²) >= 11 is 0. The van der Waals surface area contributed by atoms with Crippen LogP contribution in [0, 0.1) is 26.7 Å². The molecule has 0 spiro atoms. The van der Waals surface area contributed by atoms with Crippen LogP contribution in [-0.2, 0) is 6.54 Å². The molecule has 4 heteroatoms. The number of nitrogens with zero attached hydrogens (tertiary/aromatic N) is 2. The maximum atomic E-state index is 12.1. The number of aromatic nitrogens is 2. The van der Waals surface area contributed by atoms with Gasteiger partial charge in [-0.15, -0.1) is 0 Å². The zero-order valence-electron chi connectivity index (χ0n) is 14.1. The third-order valence-electron chi connectivity index (χ3n) is 3.60. The van der Waals surface area contributed by atoms with E-state index in [-0.39, 0.29) is 5.43 Å². The molecule has 0 unspecified atom stereocenters. The fourth-order valence-corrected chi connectivity index (χ4v) is 2.47. The van der Waals surface area contributed by atoms with E-state index >= 15 is 0 Å². The monoisotopic (exact) mass is 299 g/mol. The molecule has 0 aliphatic heterocycles. The molecule has 0 fully saturated rings. The molecule has 0 saturated heterocycles. The second kappa shape index (κ2) is 6.88. The highest BCUT2D eigenvalue weighted by molar-refractivity contribution is 5.42. The molecule has 1 N–H and O–H groups in total. The van der Waals surface area contributed by atoms with E-state index < -0.39 is 0 Å². The summed E-state index contributed by atoms with van der Waals surface area (Å²) in [6.45, 7) is 11.7. The Morgan fingerprint density at radius 1 is 1.18 bits per heavy atom. The normalized spacial score (nSPS) is 11.2. The second-order valence-corrected chi connectivity index (χ2v) is 6.32. The van der Waals surface area contributed by atoms with Crippen molar-refractivity contribution in [2.75, 3.05) is 6.54 Å². The highest BCUT2D eigenvalue weighted by Gasteiger charge is 2.09. The van der Waals surface area contributed by atoms with Gasteiger partial charge in [-0.1, -0.05) is 31.5 Å². The lowest BCUT2D eigenvalue weighted by atomic mass is 10.1. The predicted octanol–water partition coefficient (Wildman–Crippen LogP) is 2.90. The third kappa shape index (κ3) is 3.83. The SMILES string of the molecule is Cc1ccc(-n2nc(CNCC(C)C)c(=O)cc2C)c(C)c1. The van der Waals surface area contributed by atoms with Crippen LogP contribution >= 0.6 is 0 Å². The molecule has 22 heavy (non-hydrogen) atoms. The lowest BCUT2D eigenvalue weighted by molar-refractivity contribution is 0.541. The molecule has 0 radical (unpaired) electrons. The summed E-state index contributed by atoms with van der Waals surface area (Å²) in [5.74, 6) is 0.548. The van der Waals surface area contributed by atoms with E-state index in [2.05, 4.69) is 56.3 Å². The molecule has 1 aromatic heterocycles. The van der Waals surface area contributed by atoms with Crippen molar-refractivity contribution in [1.82, 2.24) is 15.1 Å². The standard InChI is InChI=1S/C18H25N3O/c1-12(2)10-19-11-16-18(22)9-15(5)21(20-16)17-7-6-13(3)8-14(17)4/h6-9,12,19H,10-11H2,1-5H3. The maximum Gasteiger partial charge on any atom is 0.204 e. The van der Waals surface area contributed by atoms with Crippen LogP contribution in [0.3, 0.4) is 0 Å². The summed E-state index contributed by atoms with van der Waals surface area (Å²) in [5, 5.41) is 7.86. The smallest absolute Gasteiger partial charge is 0.204 e. The van der Waals surface area contributed by atoms with E-state index in [1.807, 2.05) is 11.6 Å². The number of rotatable bonds is 5. The van der Waals surface area contributed by atoms with Gasteiger partial charge in [-0.2, -0.15) is 5.10 Å². The lowest BCUT2D eigenvalue weighted by Crippen LogP contribution is -2.26. The summed E-state index contributed by atoms with van der Waals surface area (Å²) in [6, 6.07) is 7.92.